The molecule has 5 heteroatoms. The molecule has 0 amide bonds. The molecule has 15 aromatic rings. The second-order valence-corrected chi connectivity index (χ2v) is 36.3. The van der Waals surface area contributed by atoms with Crippen LogP contribution >= 0.6 is 0 Å². The van der Waals surface area contributed by atoms with E-state index in [1.165, 1.54) is 139 Å². The molecule has 0 saturated carbocycles. The van der Waals surface area contributed by atoms with Gasteiger partial charge in [0.1, 0.15) is 0 Å². The first-order valence-electron chi connectivity index (χ1n) is 39.2. The topological polar surface area (TPSA) is 16.3 Å². The Balaban J connectivity index is 0.901. The number of rotatable bonds is 8. The number of aromatic nitrogens is 2. The lowest BCUT2D eigenvalue weighted by atomic mass is 9.33. The molecule has 2 aromatic heterocycles. The highest BCUT2D eigenvalue weighted by Gasteiger charge is 2.45. The van der Waals surface area contributed by atoms with Crippen molar-refractivity contribution >= 4 is 101 Å². The van der Waals surface area contributed by atoms with Gasteiger partial charge in [0.25, 0.3) is 6.71 Å². The maximum absolute atomic E-state index is 2.65. The highest BCUT2D eigenvalue weighted by atomic mass is 15.2. The number of hydrogen-bond acceptors (Lipinski definition) is 2. The highest BCUT2D eigenvalue weighted by Crippen LogP contribution is 2.52. The van der Waals surface area contributed by atoms with Crippen LogP contribution in [-0.4, -0.2) is 15.8 Å². The summed E-state index contributed by atoms with van der Waals surface area (Å²) in [5.41, 5.74) is 36.8. The van der Waals surface area contributed by atoms with Crippen molar-refractivity contribution < 1.29 is 0 Å². The van der Waals surface area contributed by atoms with Crippen LogP contribution in [0.15, 0.2) is 279 Å². The molecule has 4 aliphatic rings. The average molecular weight is 1400 g/mol. The Morgan fingerprint density at radius 1 is 0.296 bits per heavy atom. The number of aryl methyl sites for hydroxylation is 1. The van der Waals surface area contributed by atoms with E-state index in [0.717, 1.165) is 63.0 Å². The van der Waals surface area contributed by atoms with Gasteiger partial charge in [0.05, 0.1) is 27.8 Å². The van der Waals surface area contributed by atoms with Crippen molar-refractivity contribution in [2.45, 2.75) is 149 Å². The van der Waals surface area contributed by atoms with Crippen molar-refractivity contribution in [3.63, 3.8) is 0 Å². The molecule has 2 aliphatic carbocycles. The lowest BCUT2D eigenvalue weighted by Gasteiger charge is -2.44. The Morgan fingerprint density at radius 3 is 1.44 bits per heavy atom. The van der Waals surface area contributed by atoms with Crippen LogP contribution in [0.25, 0.3) is 99.5 Å². The summed E-state index contributed by atoms with van der Waals surface area (Å²) < 4.78 is 5.10. The van der Waals surface area contributed by atoms with E-state index in [-0.39, 0.29) is 39.2 Å². The van der Waals surface area contributed by atoms with Crippen LogP contribution in [0, 0.1) is 6.92 Å². The van der Waals surface area contributed by atoms with E-state index in [4.69, 9.17) is 0 Å². The Morgan fingerprint density at radius 2 is 0.759 bits per heavy atom. The van der Waals surface area contributed by atoms with E-state index >= 15 is 0 Å². The van der Waals surface area contributed by atoms with Crippen molar-refractivity contribution in [3.05, 3.63) is 318 Å². The first kappa shape index (κ1) is 67.5. The number of anilines is 6. The second kappa shape index (κ2) is 23.9. The zero-order chi connectivity index (χ0) is 74.5. The molecule has 108 heavy (non-hydrogen) atoms. The lowest BCUT2D eigenvalue weighted by molar-refractivity contribution is 0.332. The Bertz CT molecular complexity index is 6270. The van der Waals surface area contributed by atoms with E-state index in [1.54, 1.807) is 0 Å². The number of allylic oxidation sites excluding steroid dienone is 2. The standard InChI is InChI=1S/C103H95BN4/c1-64-28-46-90-80(54-64)81-56-69(65-22-17-16-18-23-65)35-47-91(81)108(90)78-62-95-97-96(63-78)106(76-40-31-67(32-41-76)71-34-44-84-86(58-71)103(14,15)53-51-101(84,10)11)94-61-77(107-89-27-20-19-26-79(89)82-60-74(99(5,6)7)37-49-92(82)107)42-45-87(94)104(97)88-59-72(68-24-21-25-73(55-68)98(2,3)4)36-48-93(88)105(95)75-38-29-66(30-39-75)70-33-43-83-85(57-70)102(12,13)52-50-100(83,8)9/h16-50,52,54-63H,51,53H2,1-15H3. The normalized spacial score (nSPS) is 15.9. The predicted octanol–water partition coefficient (Wildman–Crippen LogP) is 26.0. The molecule has 530 valence electrons. The molecule has 4 heterocycles. The smallest absolute Gasteiger partial charge is 0.252 e. The van der Waals surface area contributed by atoms with Crippen LogP contribution in [0.1, 0.15) is 149 Å². The van der Waals surface area contributed by atoms with Gasteiger partial charge in [-0.2, -0.15) is 0 Å². The number of para-hydroxylation sites is 1. The first-order valence-corrected chi connectivity index (χ1v) is 39.2. The molecule has 0 saturated heterocycles. The van der Waals surface area contributed by atoms with Crippen LogP contribution in [0.3, 0.4) is 0 Å². The molecule has 13 aromatic carbocycles. The third kappa shape index (κ3) is 10.7. The fourth-order valence-electron chi connectivity index (χ4n) is 18.9. The van der Waals surface area contributed by atoms with Gasteiger partial charge in [-0.05, 0) is 239 Å². The zero-order valence-corrected chi connectivity index (χ0v) is 65.3. The summed E-state index contributed by atoms with van der Waals surface area (Å²) in [5.74, 6) is 0. The maximum atomic E-state index is 2.65. The minimum Gasteiger partial charge on any atom is -0.311 e. The molecule has 19 rings (SSSR count). The van der Waals surface area contributed by atoms with Gasteiger partial charge in [-0.3, -0.25) is 0 Å². The first-order chi connectivity index (χ1) is 51.7. The van der Waals surface area contributed by atoms with Gasteiger partial charge >= 0.3 is 0 Å². The van der Waals surface area contributed by atoms with Crippen LogP contribution in [0.2, 0.25) is 0 Å². The van der Waals surface area contributed by atoms with Crippen LogP contribution in [0.4, 0.5) is 34.1 Å². The monoisotopic (exact) mass is 1400 g/mol. The highest BCUT2D eigenvalue weighted by molar-refractivity contribution is 7.00. The largest absolute Gasteiger partial charge is 0.311 e. The summed E-state index contributed by atoms with van der Waals surface area (Å²) in [6, 6.07) is 104. The maximum Gasteiger partial charge on any atom is 0.252 e. The van der Waals surface area contributed by atoms with E-state index in [9.17, 15) is 0 Å². The molecular weight excluding hydrogens is 1300 g/mol. The van der Waals surface area contributed by atoms with Gasteiger partial charge in [0.2, 0.25) is 0 Å². The van der Waals surface area contributed by atoms with Crippen molar-refractivity contribution in [2.75, 3.05) is 9.80 Å². The Hall–Kier alpha value is -11.1. The Labute approximate surface area is 638 Å². The SMILES string of the molecule is Cc1ccc2c(c1)c1cc(-c3ccccc3)ccc1n2-c1cc2c3c(c1)N(c1ccc(-c4ccc5c(c4)C(C)(C)CCC5(C)C)cc1)c1cc(-n4c5ccccc5c5cc(C(C)(C)C)ccc54)ccc1B3c1cc(-c3cccc(C(C)(C)C)c3)ccc1N2c1ccc(-c2ccc3c(c2)C(C)(C)C=CC3(C)C)cc1. The van der Waals surface area contributed by atoms with E-state index in [1.807, 2.05) is 0 Å². The third-order valence-electron chi connectivity index (χ3n) is 25.3. The summed E-state index contributed by atoms with van der Waals surface area (Å²) in [7, 11) is 0. The number of hydrogen-bond donors (Lipinski definition) is 0. The third-order valence-corrected chi connectivity index (χ3v) is 25.3. The van der Waals surface area contributed by atoms with Crippen LogP contribution in [-0.2, 0) is 32.5 Å². The molecule has 0 unspecified atom stereocenters. The summed E-state index contributed by atoms with van der Waals surface area (Å²) >= 11 is 0. The molecular formula is C103H95BN4. The van der Waals surface area contributed by atoms with E-state index in [0.29, 0.717) is 0 Å². The molecule has 0 bridgehead atoms. The van der Waals surface area contributed by atoms with Gasteiger partial charge in [-0.1, -0.05) is 278 Å². The van der Waals surface area contributed by atoms with Crippen molar-refractivity contribution in [3.8, 4) is 55.9 Å². The number of nitrogens with zero attached hydrogens (tertiary/aromatic N) is 4. The minimum atomic E-state index is -0.193. The van der Waals surface area contributed by atoms with Crippen molar-refractivity contribution in [1.29, 1.82) is 0 Å². The van der Waals surface area contributed by atoms with Crippen LogP contribution < -0.4 is 26.2 Å². The predicted molar refractivity (Wildman–Crippen MR) is 464 cm³/mol. The van der Waals surface area contributed by atoms with Crippen molar-refractivity contribution in [2.24, 2.45) is 0 Å². The minimum absolute atomic E-state index is 0.0268. The molecule has 0 radical (unpaired) electrons. The second-order valence-electron chi connectivity index (χ2n) is 36.3. The molecule has 0 N–H and O–H groups in total. The van der Waals surface area contributed by atoms with Gasteiger partial charge in [0, 0.05) is 72.2 Å². The van der Waals surface area contributed by atoms with Gasteiger partial charge in [0.15, 0.2) is 0 Å². The molecule has 0 atom stereocenters. The van der Waals surface area contributed by atoms with Crippen molar-refractivity contribution in [1.82, 2.24) is 9.13 Å². The number of fused-ring (bicyclic) bond motifs is 12. The van der Waals surface area contributed by atoms with Crippen LogP contribution in [0.5, 0.6) is 0 Å². The van der Waals surface area contributed by atoms with Gasteiger partial charge in [-0.25, -0.2) is 0 Å². The Kier molecular flexibility index (Phi) is 15.0. The fourth-order valence-corrected chi connectivity index (χ4v) is 18.9. The fraction of sp³-hybridized carbons (Fsp3) is 0.223. The average Bonchev–Trinajstić information content (AvgIpc) is 0.961. The molecule has 0 fully saturated rings. The summed E-state index contributed by atoms with van der Waals surface area (Å²) in [5, 5.41) is 4.97. The zero-order valence-electron chi connectivity index (χ0n) is 65.3. The molecule has 2 aliphatic heterocycles. The lowest BCUT2D eigenvalue weighted by Crippen LogP contribution is -2.61. The van der Waals surface area contributed by atoms with E-state index < -0.39 is 0 Å². The van der Waals surface area contributed by atoms with Gasteiger partial charge in [-0.15, -0.1) is 0 Å². The van der Waals surface area contributed by atoms with Gasteiger partial charge < -0.3 is 18.9 Å². The summed E-state index contributed by atoms with van der Waals surface area (Å²) in [4.78, 5) is 5.26. The molecule has 0 spiro atoms. The summed E-state index contributed by atoms with van der Waals surface area (Å²) in [6.07, 6.45) is 7.15. The number of benzene rings is 13. The van der Waals surface area contributed by atoms with E-state index in [2.05, 4.69) is 402 Å². The molecule has 4 nitrogen and oxygen atoms in total. The quantitative estimate of drug-likeness (QED) is 0.111. The summed E-state index contributed by atoms with van der Waals surface area (Å²) in [6.45, 7) is 35.1.